The van der Waals surface area contributed by atoms with Gasteiger partial charge in [0.05, 0.1) is 0 Å². The number of benzene rings is 4. The second-order valence-electron chi connectivity index (χ2n) is 7.03. The SMILES string of the molecule is C1=Cc2ccccc2ON1.NC(N)(c1ccccc1)c1ccccc1.Oc1ccccc1. The molecule has 0 aliphatic carbocycles. The maximum atomic E-state index is 8.63. The van der Waals surface area contributed by atoms with Gasteiger partial charge in [0, 0.05) is 11.8 Å². The molecule has 0 fully saturated rings. The summed E-state index contributed by atoms with van der Waals surface area (Å²) >= 11 is 0. The van der Waals surface area contributed by atoms with E-state index in [4.69, 9.17) is 21.4 Å². The van der Waals surface area contributed by atoms with Gasteiger partial charge in [-0.3, -0.25) is 0 Å². The Hall–Kier alpha value is -4.06. The Bertz CT molecular complexity index is 1060. The van der Waals surface area contributed by atoms with Crippen molar-refractivity contribution in [2.24, 2.45) is 11.5 Å². The standard InChI is InChI=1S/C13H14N2.C8H7NO.C6H6O/c14-13(15,11-7-3-1-4-8-11)12-9-5-2-6-10-12;1-2-4-8-7(3-1)5-6-9-10-8;7-6-4-2-1-3-5-6/h1-10H,14-15H2;1-6,9H;1-5,7H. The minimum atomic E-state index is -0.914. The zero-order valence-electron chi connectivity index (χ0n) is 17.6. The Balaban J connectivity index is 0.000000146. The van der Waals surface area contributed by atoms with Crippen molar-refractivity contribution in [3.63, 3.8) is 0 Å². The summed E-state index contributed by atoms with van der Waals surface area (Å²) in [6, 6.07) is 36.0. The van der Waals surface area contributed by atoms with Crippen LogP contribution >= 0.6 is 0 Å². The van der Waals surface area contributed by atoms with E-state index in [1.54, 1.807) is 30.5 Å². The van der Waals surface area contributed by atoms with Crippen molar-refractivity contribution in [2.45, 2.75) is 5.66 Å². The lowest BCUT2D eigenvalue weighted by molar-refractivity contribution is 0.239. The van der Waals surface area contributed by atoms with Crippen LogP contribution in [0.3, 0.4) is 0 Å². The molecular formula is C27H27N3O2. The molecule has 0 saturated heterocycles. The average molecular weight is 426 g/mol. The fraction of sp³-hybridized carbons (Fsp3) is 0.0370. The lowest BCUT2D eigenvalue weighted by atomic mass is 9.93. The molecule has 5 nitrogen and oxygen atoms in total. The Morgan fingerprint density at radius 3 is 1.56 bits per heavy atom. The third-order valence-electron chi connectivity index (χ3n) is 4.68. The van der Waals surface area contributed by atoms with E-state index in [2.05, 4.69) is 5.48 Å². The van der Waals surface area contributed by atoms with Crippen molar-refractivity contribution >= 4 is 6.08 Å². The van der Waals surface area contributed by atoms with Crippen LogP contribution in [0.15, 0.2) is 121 Å². The van der Waals surface area contributed by atoms with Gasteiger partial charge in [-0.05, 0) is 35.4 Å². The van der Waals surface area contributed by atoms with Crippen molar-refractivity contribution in [2.75, 3.05) is 0 Å². The van der Waals surface area contributed by atoms with E-state index in [1.165, 1.54) is 0 Å². The average Bonchev–Trinajstić information content (AvgIpc) is 2.86. The molecule has 1 heterocycles. The molecule has 4 aromatic rings. The molecule has 1 aliphatic rings. The molecule has 32 heavy (non-hydrogen) atoms. The van der Waals surface area contributed by atoms with Crippen LogP contribution in [0.1, 0.15) is 16.7 Å². The second-order valence-corrected chi connectivity index (χ2v) is 7.03. The van der Waals surface area contributed by atoms with Gasteiger partial charge in [0.15, 0.2) is 5.75 Å². The molecule has 6 N–H and O–H groups in total. The first-order valence-electron chi connectivity index (χ1n) is 10.2. The number of aromatic hydroxyl groups is 1. The summed E-state index contributed by atoms with van der Waals surface area (Å²) in [5, 5.41) is 8.63. The molecular weight excluding hydrogens is 398 g/mol. The molecule has 0 amide bonds. The molecule has 0 unspecified atom stereocenters. The number of rotatable bonds is 2. The summed E-state index contributed by atoms with van der Waals surface area (Å²) in [6.45, 7) is 0. The highest BCUT2D eigenvalue weighted by molar-refractivity contribution is 5.58. The second kappa shape index (κ2) is 11.4. The topological polar surface area (TPSA) is 93.5 Å². The van der Waals surface area contributed by atoms with Gasteiger partial charge in [0.25, 0.3) is 0 Å². The summed E-state index contributed by atoms with van der Waals surface area (Å²) in [6.07, 6.45) is 3.74. The predicted octanol–water partition coefficient (Wildman–Crippen LogP) is 4.75. The predicted molar refractivity (Wildman–Crippen MR) is 129 cm³/mol. The van der Waals surface area contributed by atoms with Crippen molar-refractivity contribution in [1.82, 2.24) is 5.48 Å². The third kappa shape index (κ3) is 6.47. The molecule has 0 saturated carbocycles. The molecule has 0 radical (unpaired) electrons. The number of phenolic OH excluding ortho intramolecular Hbond substituents is 1. The molecule has 0 spiro atoms. The van der Waals surface area contributed by atoms with E-state index in [0.717, 1.165) is 22.4 Å². The van der Waals surface area contributed by atoms with Crippen molar-refractivity contribution in [3.8, 4) is 11.5 Å². The molecule has 1 aliphatic heterocycles. The minimum absolute atomic E-state index is 0.322. The number of fused-ring (bicyclic) bond motifs is 1. The lowest BCUT2D eigenvalue weighted by Crippen LogP contribution is -2.46. The van der Waals surface area contributed by atoms with E-state index < -0.39 is 5.66 Å². The molecule has 0 bridgehead atoms. The summed E-state index contributed by atoms with van der Waals surface area (Å²) in [5.41, 5.74) is 17.0. The summed E-state index contributed by atoms with van der Waals surface area (Å²) in [5.74, 6) is 1.20. The fourth-order valence-corrected chi connectivity index (χ4v) is 2.96. The first-order chi connectivity index (χ1) is 15.6. The van der Waals surface area contributed by atoms with Gasteiger partial charge in [0.2, 0.25) is 0 Å². The van der Waals surface area contributed by atoms with Crippen molar-refractivity contribution in [1.29, 1.82) is 0 Å². The van der Waals surface area contributed by atoms with Gasteiger partial charge in [-0.2, -0.15) is 0 Å². The number of phenols is 1. The van der Waals surface area contributed by atoms with Gasteiger partial charge in [0.1, 0.15) is 11.4 Å². The van der Waals surface area contributed by atoms with Crippen LogP contribution in [0.4, 0.5) is 0 Å². The Labute approximate surface area is 188 Å². The van der Waals surface area contributed by atoms with Gasteiger partial charge in [-0.15, -0.1) is 0 Å². The molecule has 4 aromatic carbocycles. The largest absolute Gasteiger partial charge is 0.508 e. The van der Waals surface area contributed by atoms with Crippen LogP contribution in [0, 0.1) is 0 Å². The summed E-state index contributed by atoms with van der Waals surface area (Å²) in [7, 11) is 0. The Kier molecular flexibility index (Phi) is 8.03. The van der Waals surface area contributed by atoms with Gasteiger partial charge >= 0.3 is 0 Å². The molecule has 0 aromatic heterocycles. The van der Waals surface area contributed by atoms with Crippen LogP contribution in [0.5, 0.6) is 11.5 Å². The highest BCUT2D eigenvalue weighted by Crippen LogP contribution is 2.21. The zero-order chi connectivity index (χ0) is 22.7. The molecule has 162 valence electrons. The van der Waals surface area contributed by atoms with Crippen LogP contribution < -0.4 is 21.8 Å². The summed E-state index contributed by atoms with van der Waals surface area (Å²) < 4.78 is 0. The Morgan fingerprint density at radius 1 is 0.625 bits per heavy atom. The quantitative estimate of drug-likeness (QED) is 0.348. The molecule has 0 atom stereocenters. The van der Waals surface area contributed by atoms with Crippen molar-refractivity contribution in [3.05, 3.63) is 138 Å². The Morgan fingerprint density at radius 2 is 1.09 bits per heavy atom. The normalized spacial score (nSPS) is 11.3. The number of nitrogens with one attached hydrogen (secondary N) is 1. The van der Waals surface area contributed by atoms with E-state index in [9.17, 15) is 0 Å². The monoisotopic (exact) mass is 425 g/mol. The van der Waals surface area contributed by atoms with E-state index in [-0.39, 0.29) is 0 Å². The number of hydrogen-bond donors (Lipinski definition) is 4. The van der Waals surface area contributed by atoms with Crippen LogP contribution in [-0.2, 0) is 5.66 Å². The molecule has 5 rings (SSSR count). The van der Waals surface area contributed by atoms with Crippen molar-refractivity contribution < 1.29 is 9.94 Å². The van der Waals surface area contributed by atoms with E-state index in [0.29, 0.717) is 5.75 Å². The number of nitrogens with two attached hydrogens (primary N) is 2. The van der Waals surface area contributed by atoms with Gasteiger partial charge in [-0.1, -0.05) is 97.1 Å². The first kappa shape index (κ1) is 22.6. The number of hydroxylamine groups is 1. The maximum absolute atomic E-state index is 8.63. The highest BCUT2D eigenvalue weighted by Gasteiger charge is 2.23. The fourth-order valence-electron chi connectivity index (χ4n) is 2.96. The lowest BCUT2D eigenvalue weighted by Gasteiger charge is -2.25. The smallest absolute Gasteiger partial charge is 0.162 e. The van der Waals surface area contributed by atoms with E-state index >= 15 is 0 Å². The minimum Gasteiger partial charge on any atom is -0.508 e. The van der Waals surface area contributed by atoms with Gasteiger partial charge < -0.3 is 21.4 Å². The van der Waals surface area contributed by atoms with Crippen LogP contribution in [0.25, 0.3) is 6.08 Å². The van der Waals surface area contributed by atoms with Crippen LogP contribution in [-0.4, -0.2) is 5.11 Å². The van der Waals surface area contributed by atoms with Gasteiger partial charge in [-0.25, -0.2) is 5.48 Å². The zero-order valence-corrected chi connectivity index (χ0v) is 17.6. The van der Waals surface area contributed by atoms with E-state index in [1.807, 2.05) is 97.1 Å². The highest BCUT2D eigenvalue weighted by atomic mass is 16.6. The third-order valence-corrected chi connectivity index (χ3v) is 4.68. The first-order valence-corrected chi connectivity index (χ1v) is 10.2. The summed E-state index contributed by atoms with van der Waals surface area (Å²) in [4.78, 5) is 5.09. The number of hydrogen-bond acceptors (Lipinski definition) is 5. The van der Waals surface area contributed by atoms with Crippen LogP contribution in [0.2, 0.25) is 0 Å². The maximum Gasteiger partial charge on any atom is 0.162 e. The number of para-hydroxylation sites is 2. The molecule has 5 heteroatoms.